The molecule has 2 aromatic rings. The predicted molar refractivity (Wildman–Crippen MR) is 85.3 cm³/mol. The normalized spacial score (nSPS) is 11.2. The first-order chi connectivity index (χ1) is 9.83. The molecule has 0 heterocycles. The molecule has 4 nitrogen and oxygen atoms in total. The van der Waals surface area contributed by atoms with Crippen LogP contribution in [0.15, 0.2) is 41.3 Å². The molecule has 1 N–H and O–H groups in total. The Bertz CT molecular complexity index is 778. The van der Waals surface area contributed by atoms with Crippen molar-refractivity contribution in [3.8, 4) is 5.75 Å². The Morgan fingerprint density at radius 2 is 1.71 bits per heavy atom. The summed E-state index contributed by atoms with van der Waals surface area (Å²) in [6.45, 7) is 0. The van der Waals surface area contributed by atoms with Crippen LogP contribution in [0.2, 0.25) is 15.1 Å². The fourth-order valence-corrected chi connectivity index (χ4v) is 3.69. The number of anilines is 1. The second-order valence-corrected chi connectivity index (χ2v) is 6.93. The van der Waals surface area contributed by atoms with Gasteiger partial charge >= 0.3 is 0 Å². The Morgan fingerprint density at radius 3 is 2.33 bits per heavy atom. The molecule has 0 unspecified atom stereocenters. The van der Waals surface area contributed by atoms with Crippen LogP contribution < -0.4 is 9.46 Å². The van der Waals surface area contributed by atoms with E-state index in [1.807, 2.05) is 0 Å². The summed E-state index contributed by atoms with van der Waals surface area (Å²) in [7, 11) is -2.40. The van der Waals surface area contributed by atoms with Crippen molar-refractivity contribution in [3.05, 3.63) is 51.5 Å². The number of rotatable bonds is 4. The highest BCUT2D eigenvalue weighted by molar-refractivity contribution is 7.92. The summed E-state index contributed by atoms with van der Waals surface area (Å²) >= 11 is 17.7. The van der Waals surface area contributed by atoms with Gasteiger partial charge in [0.1, 0.15) is 10.6 Å². The van der Waals surface area contributed by atoms with E-state index in [-0.39, 0.29) is 25.7 Å². The summed E-state index contributed by atoms with van der Waals surface area (Å²) in [5.41, 5.74) is 0.289. The van der Waals surface area contributed by atoms with E-state index >= 15 is 0 Å². The number of methoxy groups -OCH3 is 1. The molecule has 0 saturated heterocycles. The molecule has 112 valence electrons. The number of ether oxygens (including phenoxy) is 1. The van der Waals surface area contributed by atoms with Crippen LogP contribution in [0, 0.1) is 0 Å². The summed E-state index contributed by atoms with van der Waals surface area (Å²) in [5.74, 6) is 0.445. The van der Waals surface area contributed by atoms with Gasteiger partial charge in [-0.3, -0.25) is 4.72 Å². The molecule has 2 aromatic carbocycles. The summed E-state index contributed by atoms with van der Waals surface area (Å²) in [6.07, 6.45) is 0. The van der Waals surface area contributed by atoms with E-state index < -0.39 is 10.0 Å². The van der Waals surface area contributed by atoms with Gasteiger partial charge in [-0.05, 0) is 36.4 Å². The maximum absolute atomic E-state index is 12.3. The van der Waals surface area contributed by atoms with Crippen LogP contribution in [-0.2, 0) is 10.0 Å². The zero-order valence-corrected chi connectivity index (χ0v) is 13.8. The van der Waals surface area contributed by atoms with Crippen molar-refractivity contribution in [3.63, 3.8) is 0 Å². The second-order valence-electron chi connectivity index (χ2n) is 4.03. The summed E-state index contributed by atoms with van der Waals surface area (Å²) in [6, 6.07) is 8.72. The van der Waals surface area contributed by atoms with Crippen molar-refractivity contribution in [1.29, 1.82) is 0 Å². The van der Waals surface area contributed by atoms with Gasteiger partial charge in [-0.25, -0.2) is 8.42 Å². The summed E-state index contributed by atoms with van der Waals surface area (Å²) in [4.78, 5) is -0.108. The standard InChI is InChI=1S/C13H10Cl3NO3S/c1-20-12-5-3-9(7-11(12)16)17-21(18,19)13-6-8(14)2-4-10(13)15/h2-7,17H,1H3. The highest BCUT2D eigenvalue weighted by atomic mass is 35.5. The van der Waals surface area contributed by atoms with E-state index in [0.29, 0.717) is 5.75 Å². The number of sulfonamides is 1. The minimum Gasteiger partial charge on any atom is -0.495 e. The molecule has 0 saturated carbocycles. The first-order valence-electron chi connectivity index (χ1n) is 5.65. The number of benzene rings is 2. The molecule has 0 aliphatic rings. The highest BCUT2D eigenvalue weighted by Crippen LogP contribution is 2.30. The Hall–Kier alpha value is -1.14. The van der Waals surface area contributed by atoms with Crippen molar-refractivity contribution in [2.24, 2.45) is 0 Å². The first-order valence-corrected chi connectivity index (χ1v) is 8.26. The largest absolute Gasteiger partial charge is 0.495 e. The lowest BCUT2D eigenvalue weighted by molar-refractivity contribution is 0.415. The van der Waals surface area contributed by atoms with Crippen LogP contribution in [0.4, 0.5) is 5.69 Å². The molecule has 0 atom stereocenters. The lowest BCUT2D eigenvalue weighted by Crippen LogP contribution is -2.13. The molecule has 0 bridgehead atoms. The molecule has 0 aliphatic heterocycles. The smallest absolute Gasteiger partial charge is 0.263 e. The molecule has 0 spiro atoms. The van der Waals surface area contributed by atoms with Gasteiger partial charge in [-0.2, -0.15) is 0 Å². The van der Waals surface area contributed by atoms with Gasteiger partial charge in [-0.1, -0.05) is 34.8 Å². The Kier molecular flexibility index (Phi) is 4.88. The van der Waals surface area contributed by atoms with Crippen molar-refractivity contribution in [1.82, 2.24) is 0 Å². The Morgan fingerprint density at radius 1 is 1.00 bits per heavy atom. The van der Waals surface area contributed by atoms with E-state index in [9.17, 15) is 8.42 Å². The third kappa shape index (κ3) is 3.74. The lowest BCUT2D eigenvalue weighted by Gasteiger charge is -2.11. The molecular weight excluding hydrogens is 357 g/mol. The average molecular weight is 367 g/mol. The number of nitrogens with one attached hydrogen (secondary N) is 1. The van der Waals surface area contributed by atoms with Gasteiger partial charge in [0.15, 0.2) is 0 Å². The highest BCUT2D eigenvalue weighted by Gasteiger charge is 2.19. The van der Waals surface area contributed by atoms with E-state index in [1.54, 1.807) is 6.07 Å². The maximum Gasteiger partial charge on any atom is 0.263 e. The fourth-order valence-electron chi connectivity index (χ4n) is 1.62. The minimum atomic E-state index is -3.87. The molecule has 8 heteroatoms. The molecule has 0 aromatic heterocycles. The van der Waals surface area contributed by atoms with Gasteiger partial charge in [0.25, 0.3) is 10.0 Å². The Balaban J connectivity index is 2.37. The Labute approximate surface area is 137 Å². The molecule has 0 fully saturated rings. The van der Waals surface area contributed by atoms with Crippen LogP contribution >= 0.6 is 34.8 Å². The molecule has 0 amide bonds. The van der Waals surface area contributed by atoms with Crippen LogP contribution in [0.1, 0.15) is 0 Å². The van der Waals surface area contributed by atoms with Gasteiger partial charge < -0.3 is 4.74 Å². The molecule has 21 heavy (non-hydrogen) atoms. The quantitative estimate of drug-likeness (QED) is 0.869. The van der Waals surface area contributed by atoms with Crippen LogP contribution in [0.3, 0.4) is 0 Å². The maximum atomic E-state index is 12.3. The number of hydrogen-bond donors (Lipinski definition) is 1. The average Bonchev–Trinajstić information content (AvgIpc) is 2.41. The SMILES string of the molecule is COc1ccc(NS(=O)(=O)c2cc(Cl)ccc2Cl)cc1Cl. The monoisotopic (exact) mass is 365 g/mol. The second kappa shape index (κ2) is 6.32. The van der Waals surface area contributed by atoms with Gasteiger partial charge in [-0.15, -0.1) is 0 Å². The zero-order chi connectivity index (χ0) is 15.6. The summed E-state index contributed by atoms with van der Waals surface area (Å²) in [5, 5.41) is 0.633. The third-order valence-corrected chi connectivity index (χ3v) is 4.98. The van der Waals surface area contributed by atoms with Gasteiger partial charge in [0.2, 0.25) is 0 Å². The van der Waals surface area contributed by atoms with E-state index in [2.05, 4.69) is 4.72 Å². The lowest BCUT2D eigenvalue weighted by atomic mass is 10.3. The molecule has 0 aliphatic carbocycles. The van der Waals surface area contributed by atoms with Crippen molar-refractivity contribution < 1.29 is 13.2 Å². The number of hydrogen-bond acceptors (Lipinski definition) is 3. The molecule has 0 radical (unpaired) electrons. The van der Waals surface area contributed by atoms with Crippen LogP contribution in [-0.4, -0.2) is 15.5 Å². The third-order valence-electron chi connectivity index (χ3n) is 2.59. The van der Waals surface area contributed by atoms with E-state index in [4.69, 9.17) is 39.5 Å². The van der Waals surface area contributed by atoms with Crippen molar-refractivity contribution >= 4 is 50.5 Å². The molecule has 2 rings (SSSR count). The first kappa shape index (κ1) is 16.2. The van der Waals surface area contributed by atoms with Crippen molar-refractivity contribution in [2.75, 3.05) is 11.8 Å². The van der Waals surface area contributed by atoms with Gasteiger partial charge in [0.05, 0.1) is 22.8 Å². The minimum absolute atomic E-state index is 0.0755. The van der Waals surface area contributed by atoms with Crippen LogP contribution in [0.25, 0.3) is 0 Å². The topological polar surface area (TPSA) is 55.4 Å². The van der Waals surface area contributed by atoms with Crippen molar-refractivity contribution in [2.45, 2.75) is 4.90 Å². The van der Waals surface area contributed by atoms with Gasteiger partial charge in [0, 0.05) is 5.02 Å². The number of halogens is 3. The summed E-state index contributed by atoms with van der Waals surface area (Å²) < 4.78 is 32.0. The zero-order valence-electron chi connectivity index (χ0n) is 10.7. The fraction of sp³-hybridized carbons (Fsp3) is 0.0769. The van der Waals surface area contributed by atoms with E-state index in [0.717, 1.165) is 0 Å². The van der Waals surface area contributed by atoms with Crippen LogP contribution in [0.5, 0.6) is 5.75 Å². The van der Waals surface area contributed by atoms with E-state index in [1.165, 1.54) is 37.4 Å². The predicted octanol–water partition coefficient (Wildman–Crippen LogP) is 4.46. The molecular formula is C13H10Cl3NO3S.